The minimum Gasteiger partial charge on any atom is -0.507 e. The summed E-state index contributed by atoms with van der Waals surface area (Å²) in [5, 5.41) is 14.0. The van der Waals surface area contributed by atoms with E-state index in [1.165, 1.54) is 6.21 Å². The van der Waals surface area contributed by atoms with Crippen LogP contribution in [0.5, 0.6) is 11.5 Å². The van der Waals surface area contributed by atoms with Crippen LogP contribution in [-0.2, 0) is 4.79 Å². The van der Waals surface area contributed by atoms with Gasteiger partial charge < -0.3 is 9.84 Å². The van der Waals surface area contributed by atoms with Crippen molar-refractivity contribution in [2.75, 3.05) is 6.61 Å². The number of carbonyl (C=O) groups is 1. The average molecular weight is 319 g/mol. The number of nitrogens with one attached hydrogen (secondary N) is 1. The number of hydrogen-bond donors (Lipinski definition) is 2. The molecule has 0 aliphatic heterocycles. The maximum Gasteiger partial charge on any atom is 0.277 e. The van der Waals surface area contributed by atoms with Gasteiger partial charge in [0, 0.05) is 5.56 Å². The summed E-state index contributed by atoms with van der Waals surface area (Å²) in [5.74, 6) is 0.135. The highest BCUT2D eigenvalue weighted by Gasteiger charge is 2.05. The van der Waals surface area contributed by atoms with Crippen LogP contribution in [-0.4, -0.2) is 23.8 Å². The van der Waals surface area contributed by atoms with E-state index in [0.29, 0.717) is 16.3 Å². The molecular weight excluding hydrogens is 304 g/mol. The van der Waals surface area contributed by atoms with E-state index in [0.717, 1.165) is 5.56 Å². The Morgan fingerprint density at radius 2 is 2.09 bits per heavy atom. The van der Waals surface area contributed by atoms with E-state index < -0.39 is 5.91 Å². The number of amides is 1. The fourth-order valence-corrected chi connectivity index (χ4v) is 1.89. The van der Waals surface area contributed by atoms with Gasteiger partial charge in [0.2, 0.25) is 0 Å². The molecule has 0 bridgehead atoms. The number of rotatable bonds is 5. The Labute approximate surface area is 133 Å². The Kier molecular flexibility index (Phi) is 5.38. The van der Waals surface area contributed by atoms with Gasteiger partial charge in [-0.3, -0.25) is 4.79 Å². The second kappa shape index (κ2) is 7.47. The van der Waals surface area contributed by atoms with Gasteiger partial charge in [-0.25, -0.2) is 5.43 Å². The molecule has 22 heavy (non-hydrogen) atoms. The molecule has 0 aliphatic rings. The smallest absolute Gasteiger partial charge is 0.277 e. The summed E-state index contributed by atoms with van der Waals surface area (Å²) in [6, 6.07) is 12.1. The summed E-state index contributed by atoms with van der Waals surface area (Å²) < 4.78 is 5.28. The number of benzene rings is 2. The molecule has 5 nitrogen and oxygen atoms in total. The van der Waals surface area contributed by atoms with Crippen LogP contribution in [0.1, 0.15) is 11.1 Å². The van der Waals surface area contributed by atoms with Crippen molar-refractivity contribution in [2.24, 2.45) is 5.10 Å². The average Bonchev–Trinajstić information content (AvgIpc) is 2.51. The van der Waals surface area contributed by atoms with Crippen LogP contribution in [0.3, 0.4) is 0 Å². The van der Waals surface area contributed by atoms with E-state index in [1.807, 2.05) is 0 Å². The van der Waals surface area contributed by atoms with Gasteiger partial charge in [-0.05, 0) is 30.7 Å². The van der Waals surface area contributed by atoms with Crippen molar-refractivity contribution in [3.63, 3.8) is 0 Å². The molecule has 6 heteroatoms. The lowest BCUT2D eigenvalue weighted by Gasteiger charge is -2.06. The maximum absolute atomic E-state index is 11.6. The molecule has 0 fully saturated rings. The zero-order valence-corrected chi connectivity index (χ0v) is 12.7. The number of hydrogen-bond acceptors (Lipinski definition) is 4. The van der Waals surface area contributed by atoms with E-state index in [4.69, 9.17) is 16.3 Å². The summed E-state index contributed by atoms with van der Waals surface area (Å²) in [6.07, 6.45) is 1.37. The number of phenolic OH excluding ortho intramolecular Hbond substituents is 1. The highest BCUT2D eigenvalue weighted by molar-refractivity contribution is 6.32. The second-order valence-corrected chi connectivity index (χ2v) is 4.93. The first kappa shape index (κ1) is 15.9. The third-order valence-electron chi connectivity index (χ3n) is 2.86. The summed E-state index contributed by atoms with van der Waals surface area (Å²) in [6.45, 7) is 1.57. The molecule has 0 atom stereocenters. The first-order valence-electron chi connectivity index (χ1n) is 6.55. The predicted molar refractivity (Wildman–Crippen MR) is 85.5 cm³/mol. The zero-order valence-electron chi connectivity index (χ0n) is 11.9. The van der Waals surface area contributed by atoms with Crippen LogP contribution in [0, 0.1) is 6.92 Å². The number of halogens is 1. The highest BCUT2D eigenvalue weighted by Crippen LogP contribution is 2.22. The van der Waals surface area contributed by atoms with Crippen molar-refractivity contribution < 1.29 is 14.6 Å². The third kappa shape index (κ3) is 4.23. The third-order valence-corrected chi connectivity index (χ3v) is 3.17. The summed E-state index contributed by atoms with van der Waals surface area (Å²) in [7, 11) is 0. The number of nitrogens with zero attached hydrogens (tertiary/aromatic N) is 1. The molecule has 1 amide bonds. The van der Waals surface area contributed by atoms with Crippen LogP contribution in [0.2, 0.25) is 5.02 Å². The Morgan fingerprint density at radius 3 is 2.86 bits per heavy atom. The lowest BCUT2D eigenvalue weighted by atomic mass is 10.1. The monoisotopic (exact) mass is 318 g/mol. The number of hydrazone groups is 1. The number of aryl methyl sites for hydroxylation is 1. The van der Waals surface area contributed by atoms with Crippen molar-refractivity contribution >= 4 is 23.7 Å². The van der Waals surface area contributed by atoms with Crippen molar-refractivity contribution in [3.8, 4) is 11.5 Å². The molecule has 2 aromatic rings. The first-order valence-corrected chi connectivity index (χ1v) is 6.93. The minimum absolute atomic E-state index is 0.132. The van der Waals surface area contributed by atoms with Crippen LogP contribution in [0.4, 0.5) is 0 Å². The van der Waals surface area contributed by atoms with Gasteiger partial charge in [0.15, 0.2) is 6.61 Å². The number of para-hydroxylation sites is 2. The summed E-state index contributed by atoms with van der Waals surface area (Å²) in [5.41, 5.74) is 3.57. The zero-order chi connectivity index (χ0) is 15.9. The summed E-state index contributed by atoms with van der Waals surface area (Å²) in [4.78, 5) is 11.6. The van der Waals surface area contributed by atoms with Gasteiger partial charge in [0.05, 0.1) is 11.2 Å². The standard InChI is InChI=1S/C16H15ClN2O3/c1-11-5-4-6-12(16(11)21)9-18-19-15(20)10-22-14-8-3-2-7-13(14)17/h2-9,21H,10H2,1H3,(H,19,20)/b18-9-. The normalized spacial score (nSPS) is 10.6. The lowest BCUT2D eigenvalue weighted by molar-refractivity contribution is -0.123. The molecule has 2 aromatic carbocycles. The number of carbonyl (C=O) groups excluding carboxylic acids is 1. The number of ether oxygens (including phenoxy) is 1. The Balaban J connectivity index is 1.86. The molecule has 0 unspecified atom stereocenters. The summed E-state index contributed by atoms with van der Waals surface area (Å²) >= 11 is 5.91. The molecule has 2 rings (SSSR count). The lowest BCUT2D eigenvalue weighted by Crippen LogP contribution is -2.24. The van der Waals surface area contributed by atoms with Crippen LogP contribution < -0.4 is 10.2 Å². The van der Waals surface area contributed by atoms with E-state index in [-0.39, 0.29) is 12.4 Å². The topological polar surface area (TPSA) is 70.9 Å². The molecule has 114 valence electrons. The van der Waals surface area contributed by atoms with Gasteiger partial charge >= 0.3 is 0 Å². The fraction of sp³-hybridized carbons (Fsp3) is 0.125. The highest BCUT2D eigenvalue weighted by atomic mass is 35.5. The Morgan fingerprint density at radius 1 is 1.32 bits per heavy atom. The largest absolute Gasteiger partial charge is 0.507 e. The van der Waals surface area contributed by atoms with E-state index in [1.54, 1.807) is 49.4 Å². The van der Waals surface area contributed by atoms with Crippen LogP contribution in [0.15, 0.2) is 47.6 Å². The molecule has 0 saturated heterocycles. The van der Waals surface area contributed by atoms with Gasteiger partial charge in [0.1, 0.15) is 11.5 Å². The van der Waals surface area contributed by atoms with Crippen LogP contribution >= 0.6 is 11.6 Å². The van der Waals surface area contributed by atoms with Crippen molar-refractivity contribution in [2.45, 2.75) is 6.92 Å². The van der Waals surface area contributed by atoms with Crippen LogP contribution in [0.25, 0.3) is 0 Å². The molecule has 2 N–H and O–H groups in total. The Hall–Kier alpha value is -2.53. The molecule has 0 saturated carbocycles. The first-order chi connectivity index (χ1) is 10.6. The predicted octanol–water partition coefficient (Wildman–Crippen LogP) is 2.88. The van der Waals surface area contributed by atoms with E-state index in [9.17, 15) is 9.90 Å². The molecule has 0 radical (unpaired) electrons. The molecule has 0 heterocycles. The molecular formula is C16H15ClN2O3. The molecule has 0 spiro atoms. The van der Waals surface area contributed by atoms with Gasteiger partial charge in [0.25, 0.3) is 5.91 Å². The molecule has 0 aliphatic carbocycles. The van der Waals surface area contributed by atoms with Crippen molar-refractivity contribution in [3.05, 3.63) is 58.6 Å². The quantitative estimate of drug-likeness (QED) is 0.658. The maximum atomic E-state index is 11.6. The minimum atomic E-state index is -0.427. The van der Waals surface area contributed by atoms with E-state index in [2.05, 4.69) is 10.5 Å². The van der Waals surface area contributed by atoms with Gasteiger partial charge in [-0.15, -0.1) is 0 Å². The SMILES string of the molecule is Cc1cccc(/C=N\NC(=O)COc2ccccc2Cl)c1O. The molecule has 0 aromatic heterocycles. The van der Waals surface area contributed by atoms with Gasteiger partial charge in [-0.1, -0.05) is 35.9 Å². The Bertz CT molecular complexity index is 702. The second-order valence-electron chi connectivity index (χ2n) is 4.53. The van der Waals surface area contributed by atoms with Crippen molar-refractivity contribution in [1.29, 1.82) is 0 Å². The number of phenols is 1. The fourth-order valence-electron chi connectivity index (χ4n) is 1.70. The van der Waals surface area contributed by atoms with Gasteiger partial charge in [-0.2, -0.15) is 5.10 Å². The number of aromatic hydroxyl groups is 1. The van der Waals surface area contributed by atoms with E-state index >= 15 is 0 Å². The van der Waals surface area contributed by atoms with Crippen molar-refractivity contribution in [1.82, 2.24) is 5.43 Å².